The molecule has 1 aromatic rings. The molecule has 0 saturated heterocycles. The number of carbonyl (C=O) groups excluding carboxylic acids is 1. The predicted octanol–water partition coefficient (Wildman–Crippen LogP) is 0.844. The second-order valence-corrected chi connectivity index (χ2v) is 2.80. The molecule has 0 heterocycles. The number of carboxylic acid groups (broad SMARTS) is 1. The van der Waals surface area contributed by atoms with Gasteiger partial charge < -0.3 is 5.11 Å². The Morgan fingerprint density at radius 1 is 1.33 bits per heavy atom. The minimum atomic E-state index is -1.18. The maximum atomic E-state index is 11.2. The summed E-state index contributed by atoms with van der Waals surface area (Å²) in [5.74, 6) is -1.88. The first kappa shape index (κ1) is 10.8. The van der Waals surface area contributed by atoms with Crippen LogP contribution in [0.4, 0.5) is 0 Å². The van der Waals surface area contributed by atoms with Crippen molar-refractivity contribution in [3.63, 3.8) is 0 Å². The van der Waals surface area contributed by atoms with Crippen LogP contribution in [0, 0.1) is 10.1 Å². The van der Waals surface area contributed by atoms with Crippen molar-refractivity contribution in [2.75, 3.05) is 6.54 Å². The Balaban J connectivity index is 2.95. The zero-order valence-electron chi connectivity index (χ0n) is 7.54. The van der Waals surface area contributed by atoms with Crippen LogP contribution in [0.25, 0.3) is 0 Å². The minimum absolute atomic E-state index is 0.0339. The summed E-state index contributed by atoms with van der Waals surface area (Å²) in [5.41, 5.74) is -0.0317. The molecule has 0 aliphatic carbocycles. The lowest BCUT2D eigenvalue weighted by Gasteiger charge is -1.98. The van der Waals surface area contributed by atoms with Gasteiger partial charge in [0.15, 0.2) is 0 Å². The van der Waals surface area contributed by atoms with E-state index in [2.05, 4.69) is 0 Å². The molecule has 0 aromatic heterocycles. The lowest BCUT2D eigenvalue weighted by atomic mass is 10.1. The molecule has 1 aromatic carbocycles. The minimum Gasteiger partial charge on any atom is -0.478 e. The molecular weight excluding hydrogens is 202 g/mol. The maximum Gasteiger partial charge on any atom is 0.335 e. The predicted molar refractivity (Wildman–Crippen MR) is 49.6 cm³/mol. The Hall–Kier alpha value is -2.24. The van der Waals surface area contributed by atoms with Gasteiger partial charge in [0.05, 0.1) is 5.56 Å². The van der Waals surface area contributed by atoms with Crippen LogP contribution in [-0.4, -0.2) is 28.3 Å². The van der Waals surface area contributed by atoms with Crippen LogP contribution in [-0.2, 0) is 0 Å². The first-order valence-electron chi connectivity index (χ1n) is 3.99. The van der Waals surface area contributed by atoms with Gasteiger partial charge in [0, 0.05) is 10.5 Å². The number of ketones is 1. The van der Waals surface area contributed by atoms with Crippen molar-refractivity contribution in [3.8, 4) is 0 Å². The Morgan fingerprint density at radius 3 is 2.47 bits per heavy atom. The lowest BCUT2D eigenvalue weighted by molar-refractivity contribution is -0.465. The lowest BCUT2D eigenvalue weighted by Crippen LogP contribution is -2.14. The summed E-state index contributed by atoms with van der Waals surface area (Å²) in [7, 11) is 0. The molecule has 0 fully saturated rings. The second kappa shape index (κ2) is 4.32. The molecule has 0 spiro atoms. The standard InChI is InChI=1S/C9H7NO5/c11-8(5-10(14)15)6-2-1-3-7(4-6)9(12)13/h1-4H,5H2,(H,12,13). The number of carbonyl (C=O) groups is 2. The summed E-state index contributed by atoms with van der Waals surface area (Å²) >= 11 is 0. The summed E-state index contributed by atoms with van der Waals surface area (Å²) in [5, 5.41) is 18.7. The molecule has 6 heteroatoms. The van der Waals surface area contributed by atoms with Gasteiger partial charge in [0.1, 0.15) is 0 Å². The highest BCUT2D eigenvalue weighted by Crippen LogP contribution is 2.06. The van der Waals surface area contributed by atoms with Crippen LogP contribution in [0.1, 0.15) is 20.7 Å². The van der Waals surface area contributed by atoms with Crippen LogP contribution in [0.5, 0.6) is 0 Å². The Kier molecular flexibility index (Phi) is 3.12. The Morgan fingerprint density at radius 2 is 1.93 bits per heavy atom. The van der Waals surface area contributed by atoms with Crippen LogP contribution < -0.4 is 0 Å². The third kappa shape index (κ3) is 2.87. The van der Waals surface area contributed by atoms with Crippen molar-refractivity contribution >= 4 is 11.8 Å². The number of rotatable bonds is 4. The fourth-order valence-corrected chi connectivity index (χ4v) is 1.03. The number of nitrogens with zero attached hydrogens (tertiary/aromatic N) is 1. The molecule has 0 unspecified atom stereocenters. The molecule has 0 aliphatic rings. The SMILES string of the molecule is O=C(O)c1cccc(C(=O)C[N+](=O)[O-])c1. The number of hydrogen-bond acceptors (Lipinski definition) is 4. The second-order valence-electron chi connectivity index (χ2n) is 2.80. The normalized spacial score (nSPS) is 9.60. The van der Waals surface area contributed by atoms with Gasteiger partial charge in [-0.25, -0.2) is 4.79 Å². The summed E-state index contributed by atoms with van der Waals surface area (Å²) in [4.78, 5) is 31.1. The monoisotopic (exact) mass is 209 g/mol. The first-order valence-corrected chi connectivity index (χ1v) is 3.99. The third-order valence-electron chi connectivity index (χ3n) is 1.70. The largest absolute Gasteiger partial charge is 0.478 e. The van der Waals surface area contributed by atoms with Gasteiger partial charge in [-0.05, 0) is 12.1 Å². The van der Waals surface area contributed by atoms with E-state index in [9.17, 15) is 19.7 Å². The summed E-state index contributed by atoms with van der Waals surface area (Å²) in [6.07, 6.45) is 0. The average molecular weight is 209 g/mol. The van der Waals surface area contributed by atoms with E-state index in [1.165, 1.54) is 18.2 Å². The van der Waals surface area contributed by atoms with Crippen molar-refractivity contribution < 1.29 is 19.6 Å². The van der Waals surface area contributed by atoms with Crippen molar-refractivity contribution in [1.82, 2.24) is 0 Å². The highest BCUT2D eigenvalue weighted by Gasteiger charge is 2.14. The van der Waals surface area contributed by atoms with Crippen molar-refractivity contribution in [2.24, 2.45) is 0 Å². The molecule has 1 rings (SSSR count). The zero-order valence-corrected chi connectivity index (χ0v) is 7.54. The molecule has 0 saturated carbocycles. The highest BCUT2D eigenvalue weighted by atomic mass is 16.6. The number of nitro groups is 1. The van der Waals surface area contributed by atoms with Gasteiger partial charge in [-0.3, -0.25) is 14.9 Å². The van der Waals surface area contributed by atoms with Gasteiger partial charge in [-0.15, -0.1) is 0 Å². The first-order chi connectivity index (χ1) is 7.00. The van der Waals surface area contributed by atoms with E-state index in [1.807, 2.05) is 0 Å². The van der Waals surface area contributed by atoms with E-state index in [0.717, 1.165) is 6.07 Å². The molecule has 0 atom stereocenters. The van der Waals surface area contributed by atoms with E-state index in [-0.39, 0.29) is 11.1 Å². The van der Waals surface area contributed by atoms with Gasteiger partial charge in [-0.2, -0.15) is 0 Å². The zero-order chi connectivity index (χ0) is 11.4. The molecule has 0 bridgehead atoms. The number of aromatic carboxylic acids is 1. The topological polar surface area (TPSA) is 97.5 Å². The Bertz CT molecular complexity index is 426. The van der Waals surface area contributed by atoms with Crippen LogP contribution in [0.2, 0.25) is 0 Å². The summed E-state index contributed by atoms with van der Waals surface area (Å²) < 4.78 is 0. The van der Waals surface area contributed by atoms with E-state index >= 15 is 0 Å². The van der Waals surface area contributed by atoms with E-state index in [0.29, 0.717) is 0 Å². The third-order valence-corrected chi connectivity index (χ3v) is 1.70. The van der Waals surface area contributed by atoms with E-state index in [1.54, 1.807) is 0 Å². The summed E-state index contributed by atoms with van der Waals surface area (Å²) in [6, 6.07) is 5.15. The van der Waals surface area contributed by atoms with Crippen molar-refractivity contribution in [3.05, 3.63) is 45.5 Å². The van der Waals surface area contributed by atoms with Crippen molar-refractivity contribution in [1.29, 1.82) is 0 Å². The molecular formula is C9H7NO5. The van der Waals surface area contributed by atoms with Crippen LogP contribution >= 0.6 is 0 Å². The number of hydrogen-bond donors (Lipinski definition) is 1. The molecule has 6 nitrogen and oxygen atoms in total. The van der Waals surface area contributed by atoms with Crippen LogP contribution in [0.15, 0.2) is 24.3 Å². The average Bonchev–Trinajstić information content (AvgIpc) is 2.17. The Labute approximate surface area is 84.3 Å². The fraction of sp³-hybridized carbons (Fsp3) is 0.111. The van der Waals surface area contributed by atoms with Gasteiger partial charge in [0.2, 0.25) is 5.78 Å². The maximum absolute atomic E-state index is 11.2. The van der Waals surface area contributed by atoms with Gasteiger partial charge in [0.25, 0.3) is 6.54 Å². The smallest absolute Gasteiger partial charge is 0.335 e. The molecule has 0 aliphatic heterocycles. The fourth-order valence-electron chi connectivity index (χ4n) is 1.03. The van der Waals surface area contributed by atoms with Gasteiger partial charge in [-0.1, -0.05) is 12.1 Å². The molecule has 1 N–H and O–H groups in total. The molecule has 78 valence electrons. The number of carboxylic acids is 1. The quantitative estimate of drug-likeness (QED) is 0.450. The number of benzene rings is 1. The number of Topliss-reactive ketones (excluding diaryl/α,β-unsaturated/α-hetero) is 1. The van der Waals surface area contributed by atoms with Crippen LogP contribution in [0.3, 0.4) is 0 Å². The molecule has 15 heavy (non-hydrogen) atoms. The molecule has 0 amide bonds. The van der Waals surface area contributed by atoms with Gasteiger partial charge >= 0.3 is 5.97 Å². The van der Waals surface area contributed by atoms with Crippen molar-refractivity contribution in [2.45, 2.75) is 0 Å². The van der Waals surface area contributed by atoms with E-state index in [4.69, 9.17) is 5.11 Å². The van der Waals surface area contributed by atoms with E-state index < -0.39 is 23.2 Å². The molecule has 0 radical (unpaired) electrons. The summed E-state index contributed by atoms with van der Waals surface area (Å²) in [6.45, 7) is -0.830. The highest BCUT2D eigenvalue weighted by molar-refractivity contribution is 5.99.